The summed E-state index contributed by atoms with van der Waals surface area (Å²) in [5.41, 5.74) is 8.72. The van der Waals surface area contributed by atoms with Crippen molar-refractivity contribution in [3.8, 4) is 11.1 Å². The Balaban J connectivity index is 2.16. The van der Waals surface area contributed by atoms with Gasteiger partial charge in [-0.2, -0.15) is 4.72 Å². The molecule has 3 rings (SSSR count). The van der Waals surface area contributed by atoms with E-state index in [0.717, 1.165) is 11.1 Å². The van der Waals surface area contributed by atoms with Crippen LogP contribution in [0.2, 0.25) is 0 Å². The zero-order valence-electron chi connectivity index (χ0n) is 10.1. The Hall–Kier alpha value is -2.05. The Kier molecular flexibility index (Phi) is 2.69. The quantitative estimate of drug-likeness (QED) is 0.690. The molecule has 2 aromatic rings. The van der Waals surface area contributed by atoms with Crippen molar-refractivity contribution in [1.82, 2.24) is 4.72 Å². The molecule has 0 aliphatic carbocycles. The van der Waals surface area contributed by atoms with E-state index in [1.165, 1.54) is 0 Å². The van der Waals surface area contributed by atoms with Crippen LogP contribution in [0.3, 0.4) is 0 Å². The van der Waals surface area contributed by atoms with Gasteiger partial charge >= 0.3 is 0 Å². The van der Waals surface area contributed by atoms with E-state index in [4.69, 9.17) is 5.73 Å². The molecule has 0 aromatic heterocycles. The molecule has 1 heterocycles. The van der Waals surface area contributed by atoms with Gasteiger partial charge in [-0.25, -0.2) is 8.42 Å². The predicted molar refractivity (Wildman–Crippen MR) is 75.1 cm³/mol. The fourth-order valence-electron chi connectivity index (χ4n) is 2.09. The molecule has 0 saturated heterocycles. The molecule has 4 N–H and O–H groups in total. The number of nitrogens with one attached hydrogen (secondary N) is 2. The lowest BCUT2D eigenvalue weighted by Gasteiger charge is -2.20. The number of hydrogen-bond acceptors (Lipinski definition) is 4. The molecule has 5 nitrogen and oxygen atoms in total. The maximum absolute atomic E-state index is 11.9. The number of benzene rings is 2. The molecule has 0 fully saturated rings. The van der Waals surface area contributed by atoms with Crippen molar-refractivity contribution >= 4 is 21.4 Å². The van der Waals surface area contributed by atoms with Gasteiger partial charge in [0.05, 0.1) is 12.4 Å². The molecule has 1 aliphatic heterocycles. The molecular formula is C13H13N3O2S. The van der Waals surface area contributed by atoms with Gasteiger partial charge in [0.2, 0.25) is 10.0 Å². The number of fused-ring (bicyclic) bond motifs is 1. The molecule has 2 aromatic carbocycles. The Labute approximate surface area is 111 Å². The Morgan fingerprint density at radius 2 is 1.84 bits per heavy atom. The normalized spacial score (nSPS) is 16.4. The number of nitrogen functional groups attached to an aromatic ring is 1. The molecule has 98 valence electrons. The lowest BCUT2D eigenvalue weighted by Crippen LogP contribution is -2.34. The van der Waals surface area contributed by atoms with E-state index in [0.29, 0.717) is 11.4 Å². The van der Waals surface area contributed by atoms with Gasteiger partial charge in [0.1, 0.15) is 4.90 Å². The summed E-state index contributed by atoms with van der Waals surface area (Å²) in [7, 11) is -3.43. The number of hydrogen-bond donors (Lipinski definition) is 3. The molecule has 0 bridgehead atoms. The topological polar surface area (TPSA) is 84.2 Å². The highest BCUT2D eigenvalue weighted by atomic mass is 32.2. The van der Waals surface area contributed by atoms with Crippen molar-refractivity contribution in [3.05, 3.63) is 42.5 Å². The molecule has 0 radical (unpaired) electrons. The maximum atomic E-state index is 11.9. The fourth-order valence-corrected chi connectivity index (χ4v) is 3.22. The van der Waals surface area contributed by atoms with Crippen LogP contribution in [-0.4, -0.2) is 15.1 Å². The number of rotatable bonds is 1. The highest BCUT2D eigenvalue weighted by Gasteiger charge is 2.23. The first-order valence-electron chi connectivity index (χ1n) is 5.80. The van der Waals surface area contributed by atoms with Gasteiger partial charge in [-0.1, -0.05) is 18.2 Å². The minimum absolute atomic E-state index is 0.215. The molecular weight excluding hydrogens is 262 g/mol. The smallest absolute Gasteiger partial charge is 0.244 e. The van der Waals surface area contributed by atoms with Crippen LogP contribution in [-0.2, 0) is 10.0 Å². The van der Waals surface area contributed by atoms with Gasteiger partial charge < -0.3 is 11.1 Å². The third-order valence-corrected chi connectivity index (χ3v) is 4.47. The number of anilines is 2. The van der Waals surface area contributed by atoms with Crippen LogP contribution < -0.4 is 15.8 Å². The number of nitrogens with two attached hydrogens (primary N) is 1. The summed E-state index contributed by atoms with van der Waals surface area (Å²) in [5.74, 6) is 0. The van der Waals surface area contributed by atoms with E-state index in [9.17, 15) is 8.42 Å². The summed E-state index contributed by atoms with van der Waals surface area (Å²) in [6.07, 6.45) is 0. The SMILES string of the molecule is Nc1cccc(-c2ccc3c(c2)S(=O)(=O)NCN3)c1. The first kappa shape index (κ1) is 12.0. The molecule has 1 aliphatic rings. The van der Waals surface area contributed by atoms with Gasteiger partial charge in [0, 0.05) is 5.69 Å². The highest BCUT2D eigenvalue weighted by Crippen LogP contribution is 2.30. The fraction of sp³-hybridized carbons (Fsp3) is 0.0769. The summed E-state index contributed by atoms with van der Waals surface area (Å²) in [6, 6.07) is 12.6. The first-order chi connectivity index (χ1) is 9.06. The Morgan fingerprint density at radius 3 is 2.63 bits per heavy atom. The van der Waals surface area contributed by atoms with Crippen LogP contribution >= 0.6 is 0 Å². The Bertz CT molecular complexity index is 741. The number of sulfonamides is 1. The standard InChI is InChI=1S/C13H13N3O2S/c14-11-3-1-2-9(6-11)10-4-5-12-13(7-10)19(17,18)16-8-15-12/h1-7,15-16H,8,14H2. The second kappa shape index (κ2) is 4.25. The third kappa shape index (κ3) is 2.16. The largest absolute Gasteiger partial charge is 0.399 e. The lowest BCUT2D eigenvalue weighted by molar-refractivity contribution is 0.581. The average Bonchev–Trinajstić information content (AvgIpc) is 2.38. The van der Waals surface area contributed by atoms with Crippen molar-refractivity contribution in [2.75, 3.05) is 17.7 Å². The highest BCUT2D eigenvalue weighted by molar-refractivity contribution is 7.89. The summed E-state index contributed by atoms with van der Waals surface area (Å²) >= 11 is 0. The molecule has 6 heteroatoms. The molecule has 0 amide bonds. The van der Waals surface area contributed by atoms with E-state index in [1.807, 2.05) is 24.3 Å². The van der Waals surface area contributed by atoms with E-state index in [1.54, 1.807) is 18.2 Å². The van der Waals surface area contributed by atoms with Gasteiger partial charge in [-0.15, -0.1) is 0 Å². The van der Waals surface area contributed by atoms with Crippen LogP contribution in [0.15, 0.2) is 47.4 Å². The van der Waals surface area contributed by atoms with Gasteiger partial charge in [-0.05, 0) is 35.4 Å². The average molecular weight is 275 g/mol. The maximum Gasteiger partial charge on any atom is 0.244 e. The van der Waals surface area contributed by atoms with Crippen molar-refractivity contribution < 1.29 is 8.42 Å². The van der Waals surface area contributed by atoms with Crippen molar-refractivity contribution in [1.29, 1.82) is 0 Å². The second-order valence-corrected chi connectivity index (χ2v) is 6.07. The van der Waals surface area contributed by atoms with Crippen molar-refractivity contribution in [2.24, 2.45) is 0 Å². The predicted octanol–water partition coefficient (Wildman–Crippen LogP) is 1.60. The van der Waals surface area contributed by atoms with E-state index in [-0.39, 0.29) is 11.6 Å². The summed E-state index contributed by atoms with van der Waals surface area (Å²) in [5, 5.41) is 2.99. The minimum atomic E-state index is -3.43. The summed E-state index contributed by atoms with van der Waals surface area (Å²) in [6.45, 7) is 0.215. The van der Waals surface area contributed by atoms with E-state index < -0.39 is 10.0 Å². The van der Waals surface area contributed by atoms with Gasteiger partial charge in [-0.3, -0.25) is 0 Å². The second-order valence-electron chi connectivity index (χ2n) is 4.34. The summed E-state index contributed by atoms with van der Waals surface area (Å²) < 4.78 is 26.3. The van der Waals surface area contributed by atoms with Crippen LogP contribution in [0.1, 0.15) is 0 Å². The first-order valence-corrected chi connectivity index (χ1v) is 7.28. The lowest BCUT2D eigenvalue weighted by atomic mass is 10.0. The zero-order valence-corrected chi connectivity index (χ0v) is 10.9. The van der Waals surface area contributed by atoms with Crippen LogP contribution in [0.5, 0.6) is 0 Å². The third-order valence-electron chi connectivity index (χ3n) is 3.03. The monoisotopic (exact) mass is 275 g/mol. The van der Waals surface area contributed by atoms with Gasteiger partial charge in [0.15, 0.2) is 0 Å². The minimum Gasteiger partial charge on any atom is -0.399 e. The molecule has 19 heavy (non-hydrogen) atoms. The molecule has 0 unspecified atom stereocenters. The van der Waals surface area contributed by atoms with Crippen LogP contribution in [0, 0.1) is 0 Å². The van der Waals surface area contributed by atoms with Crippen LogP contribution in [0.4, 0.5) is 11.4 Å². The van der Waals surface area contributed by atoms with Gasteiger partial charge in [0.25, 0.3) is 0 Å². The summed E-state index contributed by atoms with van der Waals surface area (Å²) in [4.78, 5) is 0.263. The zero-order chi connectivity index (χ0) is 13.5. The van der Waals surface area contributed by atoms with Crippen LogP contribution in [0.25, 0.3) is 11.1 Å². The molecule has 0 spiro atoms. The molecule has 0 saturated carbocycles. The van der Waals surface area contributed by atoms with E-state index >= 15 is 0 Å². The van der Waals surface area contributed by atoms with Crippen molar-refractivity contribution in [2.45, 2.75) is 4.90 Å². The Morgan fingerprint density at radius 1 is 1.05 bits per heavy atom. The van der Waals surface area contributed by atoms with Crippen molar-refractivity contribution in [3.63, 3.8) is 0 Å². The van der Waals surface area contributed by atoms with E-state index in [2.05, 4.69) is 10.0 Å². The molecule has 0 atom stereocenters.